The number of para-hydroxylation sites is 1. The maximum atomic E-state index is 14.5. The quantitative estimate of drug-likeness (QED) is 0.283. The van der Waals surface area contributed by atoms with E-state index in [2.05, 4.69) is 10.5 Å². The fourth-order valence-corrected chi connectivity index (χ4v) is 9.31. The average Bonchev–Trinajstić information content (AvgIpc) is 3.49. The van der Waals surface area contributed by atoms with Crippen molar-refractivity contribution in [3.05, 3.63) is 30.3 Å². The van der Waals surface area contributed by atoms with Crippen molar-refractivity contribution in [3.63, 3.8) is 0 Å². The van der Waals surface area contributed by atoms with E-state index in [0.717, 1.165) is 0 Å². The van der Waals surface area contributed by atoms with Crippen molar-refractivity contribution in [3.8, 4) is 0 Å². The summed E-state index contributed by atoms with van der Waals surface area (Å²) in [6, 6.07) is 8.68. The number of ketones is 1. The molecule has 57 heavy (non-hydrogen) atoms. The molecule has 1 amide bonds. The third kappa shape index (κ3) is 10.0. The van der Waals surface area contributed by atoms with Gasteiger partial charge in [-0.2, -0.15) is 0 Å². The van der Waals surface area contributed by atoms with Gasteiger partial charge in [0.2, 0.25) is 0 Å². The number of amides is 1. The third-order valence-corrected chi connectivity index (χ3v) is 12.5. The maximum Gasteiger partial charge on any atom is 0.311 e. The van der Waals surface area contributed by atoms with E-state index < -0.39 is 96.0 Å². The number of fused-ring (bicyclic) bond motifs is 4. The van der Waals surface area contributed by atoms with E-state index in [0.29, 0.717) is 24.2 Å². The number of likely N-dealkylation sites (N-methyl/N-ethyl adjacent to an activating group) is 1. The van der Waals surface area contributed by atoms with Crippen LogP contribution in [0, 0.1) is 29.6 Å². The van der Waals surface area contributed by atoms with Crippen LogP contribution in [0.2, 0.25) is 0 Å². The van der Waals surface area contributed by atoms with E-state index in [4.69, 9.17) is 33.3 Å². The minimum atomic E-state index is -1.28. The van der Waals surface area contributed by atoms with Crippen LogP contribution in [0.25, 0.3) is 0 Å². The predicted octanol–water partition coefficient (Wildman–Crippen LogP) is 4.14. The highest BCUT2D eigenvalue weighted by Crippen LogP contribution is 2.46. The van der Waals surface area contributed by atoms with Gasteiger partial charge in [-0.1, -0.05) is 51.0 Å². The molecule has 5 rings (SSSR count). The Bertz CT molecular complexity index is 1610. The molecule has 4 aliphatic rings. The Morgan fingerprint density at radius 2 is 1.74 bits per heavy atom. The second-order valence-corrected chi connectivity index (χ2v) is 17.1. The first-order valence-corrected chi connectivity index (χ1v) is 20.3. The van der Waals surface area contributed by atoms with Gasteiger partial charge in [-0.25, -0.2) is 0 Å². The Kier molecular flexibility index (Phi) is 14.6. The Balaban J connectivity index is 1.56. The van der Waals surface area contributed by atoms with Gasteiger partial charge in [0, 0.05) is 35.4 Å². The number of oxime groups is 1. The summed E-state index contributed by atoms with van der Waals surface area (Å²) in [7, 11) is 3.78. The minimum Gasteiger partial charge on any atom is -0.458 e. The highest BCUT2D eigenvalue weighted by molar-refractivity contribution is 5.92. The van der Waals surface area contributed by atoms with E-state index in [1.54, 1.807) is 45.0 Å². The SMILES string of the molecule is CC[C@H]1OC(=O)[C@H](C)[C@H]2OC/C(=N/OCC(=O)Nc3ccccc3)CO[C@](C)(C[C@@H](C)C(=O)[C@H](C)[C@@H]3CC(=O)O[C@]13C)[C@H](O[C@@H]1O[C@H](C)C[C@H](N(C)C)[C@H]1O)[C@@H]2C. The maximum absolute atomic E-state index is 14.5. The normalized spacial score (nSPS) is 40.3. The number of hydrogen-bond acceptors (Lipinski definition) is 14. The van der Waals surface area contributed by atoms with Crippen LogP contribution in [0.15, 0.2) is 35.5 Å². The number of anilines is 1. The Morgan fingerprint density at radius 1 is 1.04 bits per heavy atom. The summed E-state index contributed by atoms with van der Waals surface area (Å²) in [5.74, 6) is -4.91. The van der Waals surface area contributed by atoms with Crippen LogP contribution in [0.5, 0.6) is 0 Å². The number of ether oxygens (including phenoxy) is 6. The topological polar surface area (TPSA) is 181 Å². The Labute approximate surface area is 336 Å². The van der Waals surface area contributed by atoms with Crippen molar-refractivity contribution in [2.75, 3.05) is 39.2 Å². The van der Waals surface area contributed by atoms with Crippen LogP contribution in [0.1, 0.15) is 81.1 Å². The summed E-state index contributed by atoms with van der Waals surface area (Å²) < 4.78 is 38.7. The van der Waals surface area contributed by atoms with Gasteiger partial charge >= 0.3 is 11.9 Å². The number of Topliss-reactive ketones (excluding diaryl/α,β-unsaturated/α-hetero) is 1. The van der Waals surface area contributed by atoms with E-state index in [1.807, 2.05) is 59.7 Å². The van der Waals surface area contributed by atoms with Crippen molar-refractivity contribution >= 4 is 35.0 Å². The zero-order valence-corrected chi connectivity index (χ0v) is 35.1. The third-order valence-electron chi connectivity index (χ3n) is 12.5. The first-order chi connectivity index (χ1) is 26.9. The lowest BCUT2D eigenvalue weighted by atomic mass is 9.70. The fraction of sp³-hybridized carbons (Fsp3) is 0.738. The summed E-state index contributed by atoms with van der Waals surface area (Å²) in [6.45, 7) is 13.9. The number of nitrogens with zero attached hydrogens (tertiary/aromatic N) is 2. The standard InChI is InChI=1S/C42H63N3O12/c1-11-32-42(8)30(18-34(47)57-42)25(4)35(48)23(2)19-41(7)38(56-40-36(49)31(45(9)10)17-24(3)54-40)26(5)37(27(6)39(50)55-32)51-20-29(21-52-41)44-53-22-33(46)43-28-15-13-12-14-16-28/h12-16,23-27,30-32,36-38,40,49H,11,17-22H2,1-10H3,(H,43,46)/b44-29-/t23-,24-,25-,26-,27-,30+,31+,32-,36-,37+,38-,40+,41-,42+/m1/s1. The van der Waals surface area contributed by atoms with Crippen molar-refractivity contribution in [2.24, 2.45) is 34.7 Å². The van der Waals surface area contributed by atoms with Crippen LogP contribution < -0.4 is 5.32 Å². The van der Waals surface area contributed by atoms with E-state index in [9.17, 15) is 24.3 Å². The molecule has 0 unspecified atom stereocenters. The summed E-state index contributed by atoms with van der Waals surface area (Å²) in [4.78, 5) is 61.8. The molecule has 4 fully saturated rings. The molecule has 1 aromatic rings. The Morgan fingerprint density at radius 3 is 2.40 bits per heavy atom. The number of benzene rings is 1. The molecule has 4 saturated heterocycles. The molecule has 0 saturated carbocycles. The molecule has 2 N–H and O–H groups in total. The number of nitrogens with one attached hydrogen (secondary N) is 1. The molecule has 14 atom stereocenters. The lowest BCUT2D eigenvalue weighted by Gasteiger charge is -2.48. The first-order valence-electron chi connectivity index (χ1n) is 20.3. The number of cyclic esters (lactones) is 1. The molecule has 4 aliphatic heterocycles. The van der Waals surface area contributed by atoms with Crippen molar-refractivity contribution in [1.29, 1.82) is 0 Å². The molecule has 1 aromatic carbocycles. The van der Waals surface area contributed by atoms with Crippen LogP contribution in [0.4, 0.5) is 5.69 Å². The molecule has 2 bridgehead atoms. The number of esters is 2. The van der Waals surface area contributed by atoms with Gasteiger partial charge in [0.15, 0.2) is 12.9 Å². The van der Waals surface area contributed by atoms with Crippen LogP contribution in [-0.2, 0) is 52.4 Å². The summed E-state index contributed by atoms with van der Waals surface area (Å²) in [5.41, 5.74) is -1.62. The highest BCUT2D eigenvalue weighted by atomic mass is 16.7. The van der Waals surface area contributed by atoms with Gasteiger partial charge < -0.3 is 48.6 Å². The molecule has 0 aliphatic carbocycles. The van der Waals surface area contributed by atoms with Gasteiger partial charge in [0.1, 0.15) is 29.3 Å². The first kappa shape index (κ1) is 44.6. The molecule has 15 heteroatoms. The van der Waals surface area contributed by atoms with Crippen molar-refractivity contribution in [2.45, 2.75) is 135 Å². The van der Waals surface area contributed by atoms with E-state index in [-0.39, 0.29) is 44.0 Å². The number of carbonyl (C=O) groups is 4. The second-order valence-electron chi connectivity index (χ2n) is 17.1. The summed E-state index contributed by atoms with van der Waals surface area (Å²) in [5, 5.41) is 18.7. The largest absolute Gasteiger partial charge is 0.458 e. The monoisotopic (exact) mass is 801 g/mol. The second kappa shape index (κ2) is 18.6. The summed E-state index contributed by atoms with van der Waals surface area (Å²) in [6.07, 6.45) is -3.96. The molecule has 0 aromatic heterocycles. The molecule has 15 nitrogen and oxygen atoms in total. The smallest absolute Gasteiger partial charge is 0.311 e. The molecule has 0 spiro atoms. The fourth-order valence-electron chi connectivity index (χ4n) is 9.31. The van der Waals surface area contributed by atoms with Gasteiger partial charge in [0.25, 0.3) is 5.91 Å². The number of aliphatic hydroxyl groups is 1. The van der Waals surface area contributed by atoms with E-state index in [1.165, 1.54) is 0 Å². The summed E-state index contributed by atoms with van der Waals surface area (Å²) >= 11 is 0. The predicted molar refractivity (Wildman–Crippen MR) is 209 cm³/mol. The van der Waals surface area contributed by atoms with Gasteiger partial charge in [-0.05, 0) is 73.2 Å². The Hall–Kier alpha value is -3.47. The number of carbonyl (C=O) groups excluding carboxylic acids is 4. The van der Waals surface area contributed by atoms with Gasteiger partial charge in [0.05, 0.1) is 49.5 Å². The average molecular weight is 802 g/mol. The number of rotatable bonds is 8. The van der Waals surface area contributed by atoms with Crippen LogP contribution in [-0.4, -0.2) is 127 Å². The molecule has 0 radical (unpaired) electrons. The van der Waals surface area contributed by atoms with Crippen molar-refractivity contribution < 1.29 is 57.5 Å². The lowest BCUT2D eigenvalue weighted by Crippen LogP contribution is -2.60. The van der Waals surface area contributed by atoms with Gasteiger partial charge in [-0.3, -0.25) is 19.2 Å². The molecule has 318 valence electrons. The molecular formula is C42H63N3O12. The number of aliphatic hydroxyl groups excluding tert-OH is 1. The van der Waals surface area contributed by atoms with Crippen LogP contribution in [0.3, 0.4) is 0 Å². The lowest BCUT2D eigenvalue weighted by molar-refractivity contribution is -0.302. The zero-order chi connectivity index (χ0) is 41.8. The zero-order valence-electron chi connectivity index (χ0n) is 35.1. The van der Waals surface area contributed by atoms with Gasteiger partial charge in [-0.15, -0.1) is 0 Å². The van der Waals surface area contributed by atoms with Crippen LogP contribution >= 0.6 is 0 Å². The highest BCUT2D eigenvalue weighted by Gasteiger charge is 2.57. The molecule has 4 heterocycles. The molecular weight excluding hydrogens is 738 g/mol. The van der Waals surface area contributed by atoms with E-state index >= 15 is 0 Å². The minimum absolute atomic E-state index is 0.00728. The number of hydrogen-bond donors (Lipinski definition) is 2. The van der Waals surface area contributed by atoms with Crippen molar-refractivity contribution in [1.82, 2.24) is 4.90 Å².